The van der Waals surface area contributed by atoms with Crippen molar-refractivity contribution in [3.63, 3.8) is 0 Å². The third-order valence-corrected chi connectivity index (χ3v) is 2.57. The molecule has 0 fully saturated rings. The standard InChI is InChI=1S/C13H18FNO2/c1-10(16)7-8-13(17)15(2)9-11-5-3-4-6-12(11)14/h3-6,10,16H,7-9H2,1-2H3. The number of hydrogen-bond acceptors (Lipinski definition) is 2. The van der Waals surface area contributed by atoms with Crippen molar-refractivity contribution in [3.05, 3.63) is 35.6 Å². The van der Waals surface area contributed by atoms with Crippen LogP contribution in [0.25, 0.3) is 0 Å². The molecule has 0 radical (unpaired) electrons. The lowest BCUT2D eigenvalue weighted by Crippen LogP contribution is -2.27. The predicted octanol–water partition coefficient (Wildman–Crippen LogP) is 1.95. The van der Waals surface area contributed by atoms with Gasteiger partial charge >= 0.3 is 0 Å². The normalized spacial score (nSPS) is 12.2. The maximum Gasteiger partial charge on any atom is 0.222 e. The van der Waals surface area contributed by atoms with Crippen molar-refractivity contribution in [3.8, 4) is 0 Å². The fourth-order valence-corrected chi connectivity index (χ4v) is 1.49. The number of nitrogens with zero attached hydrogens (tertiary/aromatic N) is 1. The molecule has 1 N–H and O–H groups in total. The van der Waals surface area contributed by atoms with E-state index in [0.717, 1.165) is 0 Å². The van der Waals surface area contributed by atoms with Crippen LogP contribution in [0.5, 0.6) is 0 Å². The number of aliphatic hydroxyl groups excluding tert-OH is 1. The summed E-state index contributed by atoms with van der Waals surface area (Å²) in [6.07, 6.45) is 0.226. The van der Waals surface area contributed by atoms with Crippen molar-refractivity contribution >= 4 is 5.91 Å². The second kappa shape index (κ2) is 6.35. The fourth-order valence-electron chi connectivity index (χ4n) is 1.49. The second-order valence-corrected chi connectivity index (χ2v) is 4.23. The molecule has 1 unspecified atom stereocenters. The maximum absolute atomic E-state index is 13.3. The molecule has 4 heteroatoms. The average Bonchev–Trinajstić information content (AvgIpc) is 2.28. The van der Waals surface area contributed by atoms with Crippen LogP contribution in [-0.2, 0) is 11.3 Å². The number of carbonyl (C=O) groups is 1. The zero-order chi connectivity index (χ0) is 12.8. The van der Waals surface area contributed by atoms with Crippen LogP contribution >= 0.6 is 0 Å². The molecule has 1 atom stereocenters. The Labute approximate surface area is 101 Å². The van der Waals surface area contributed by atoms with Crippen LogP contribution in [0.1, 0.15) is 25.3 Å². The summed E-state index contributed by atoms with van der Waals surface area (Å²) in [4.78, 5) is 13.1. The van der Waals surface area contributed by atoms with Crippen molar-refractivity contribution in [1.82, 2.24) is 4.90 Å². The molecule has 0 heterocycles. The van der Waals surface area contributed by atoms with Crippen LogP contribution in [0, 0.1) is 5.82 Å². The van der Waals surface area contributed by atoms with Crippen LogP contribution in [-0.4, -0.2) is 29.1 Å². The molecule has 17 heavy (non-hydrogen) atoms. The van der Waals surface area contributed by atoms with Crippen molar-refractivity contribution in [1.29, 1.82) is 0 Å². The molecule has 0 spiro atoms. The van der Waals surface area contributed by atoms with E-state index in [2.05, 4.69) is 0 Å². The van der Waals surface area contributed by atoms with E-state index in [1.165, 1.54) is 11.0 Å². The molecular weight excluding hydrogens is 221 g/mol. The molecule has 1 rings (SSSR count). The van der Waals surface area contributed by atoms with Crippen LogP contribution in [0.15, 0.2) is 24.3 Å². The highest BCUT2D eigenvalue weighted by molar-refractivity contribution is 5.75. The Balaban J connectivity index is 2.51. The van der Waals surface area contributed by atoms with Gasteiger partial charge in [-0.2, -0.15) is 0 Å². The van der Waals surface area contributed by atoms with Gasteiger partial charge in [0.25, 0.3) is 0 Å². The lowest BCUT2D eigenvalue weighted by Gasteiger charge is -2.18. The number of rotatable bonds is 5. The lowest BCUT2D eigenvalue weighted by molar-refractivity contribution is -0.131. The molecule has 0 aliphatic carbocycles. The molecule has 1 aromatic rings. The largest absolute Gasteiger partial charge is 0.393 e. The van der Waals surface area contributed by atoms with Gasteiger partial charge in [0.05, 0.1) is 6.10 Å². The van der Waals surface area contributed by atoms with E-state index < -0.39 is 6.10 Å². The first-order valence-corrected chi connectivity index (χ1v) is 5.66. The third kappa shape index (κ3) is 4.53. The molecule has 1 aromatic carbocycles. The Morgan fingerprint density at radius 3 is 2.71 bits per heavy atom. The molecule has 0 aliphatic rings. The molecular formula is C13H18FNO2. The Bertz CT molecular complexity index is 379. The van der Waals surface area contributed by atoms with E-state index >= 15 is 0 Å². The first-order valence-electron chi connectivity index (χ1n) is 5.66. The molecule has 3 nitrogen and oxygen atoms in total. The van der Waals surface area contributed by atoms with Gasteiger partial charge in [-0.25, -0.2) is 4.39 Å². The van der Waals surface area contributed by atoms with Gasteiger partial charge in [0.15, 0.2) is 0 Å². The summed E-state index contributed by atoms with van der Waals surface area (Å²) in [7, 11) is 1.64. The number of aliphatic hydroxyl groups is 1. The number of amides is 1. The van der Waals surface area contributed by atoms with E-state index in [1.807, 2.05) is 0 Å². The maximum atomic E-state index is 13.3. The Kier molecular flexibility index (Phi) is 5.10. The number of halogens is 1. The van der Waals surface area contributed by atoms with E-state index in [4.69, 9.17) is 5.11 Å². The molecule has 0 aliphatic heterocycles. The minimum absolute atomic E-state index is 0.0887. The van der Waals surface area contributed by atoms with E-state index in [0.29, 0.717) is 12.0 Å². The highest BCUT2D eigenvalue weighted by atomic mass is 19.1. The van der Waals surface area contributed by atoms with Gasteiger partial charge in [-0.05, 0) is 19.4 Å². The minimum atomic E-state index is -0.485. The molecule has 1 amide bonds. The third-order valence-electron chi connectivity index (χ3n) is 2.57. The summed E-state index contributed by atoms with van der Waals surface area (Å²) in [5.41, 5.74) is 0.500. The zero-order valence-corrected chi connectivity index (χ0v) is 10.2. The topological polar surface area (TPSA) is 40.5 Å². The quantitative estimate of drug-likeness (QED) is 0.853. The van der Waals surface area contributed by atoms with Gasteiger partial charge in [0.2, 0.25) is 5.91 Å². The SMILES string of the molecule is CC(O)CCC(=O)N(C)Cc1ccccc1F. The van der Waals surface area contributed by atoms with Crippen molar-refractivity contribution in [2.75, 3.05) is 7.05 Å². The Hall–Kier alpha value is -1.42. The van der Waals surface area contributed by atoms with Crippen LogP contribution in [0.3, 0.4) is 0 Å². The average molecular weight is 239 g/mol. The van der Waals surface area contributed by atoms with Crippen molar-refractivity contribution in [2.45, 2.75) is 32.4 Å². The summed E-state index contributed by atoms with van der Waals surface area (Å²) in [6, 6.07) is 6.40. The van der Waals surface area contributed by atoms with E-state index in [1.54, 1.807) is 32.2 Å². The Morgan fingerprint density at radius 1 is 1.47 bits per heavy atom. The highest BCUT2D eigenvalue weighted by Gasteiger charge is 2.12. The van der Waals surface area contributed by atoms with E-state index in [9.17, 15) is 9.18 Å². The first-order chi connectivity index (χ1) is 8.00. The van der Waals surface area contributed by atoms with Gasteiger partial charge in [-0.1, -0.05) is 18.2 Å². The van der Waals surface area contributed by atoms with Gasteiger partial charge in [-0.3, -0.25) is 4.79 Å². The van der Waals surface area contributed by atoms with Crippen LogP contribution in [0.4, 0.5) is 4.39 Å². The second-order valence-electron chi connectivity index (χ2n) is 4.23. The first kappa shape index (κ1) is 13.6. The summed E-state index contributed by atoms with van der Waals surface area (Å²) in [6.45, 7) is 1.90. The van der Waals surface area contributed by atoms with Crippen molar-refractivity contribution in [2.24, 2.45) is 0 Å². The minimum Gasteiger partial charge on any atom is -0.393 e. The van der Waals surface area contributed by atoms with Crippen LogP contribution < -0.4 is 0 Å². The monoisotopic (exact) mass is 239 g/mol. The molecule has 94 valence electrons. The molecule has 0 aromatic heterocycles. The van der Waals surface area contributed by atoms with Gasteiger partial charge < -0.3 is 10.0 Å². The molecule has 0 saturated heterocycles. The summed E-state index contributed by atoms with van der Waals surface area (Å²) >= 11 is 0. The van der Waals surface area contributed by atoms with E-state index in [-0.39, 0.29) is 24.7 Å². The zero-order valence-electron chi connectivity index (χ0n) is 10.2. The number of carbonyl (C=O) groups excluding carboxylic acids is 1. The van der Waals surface area contributed by atoms with Crippen molar-refractivity contribution < 1.29 is 14.3 Å². The summed E-state index contributed by atoms with van der Waals surface area (Å²) < 4.78 is 13.3. The van der Waals surface area contributed by atoms with Gasteiger partial charge in [0.1, 0.15) is 5.82 Å². The molecule has 0 bridgehead atoms. The lowest BCUT2D eigenvalue weighted by atomic mass is 10.1. The number of benzene rings is 1. The number of hydrogen-bond donors (Lipinski definition) is 1. The van der Waals surface area contributed by atoms with Crippen LogP contribution in [0.2, 0.25) is 0 Å². The Morgan fingerprint density at radius 2 is 2.12 bits per heavy atom. The van der Waals surface area contributed by atoms with Gasteiger partial charge in [-0.15, -0.1) is 0 Å². The smallest absolute Gasteiger partial charge is 0.222 e. The molecule has 0 saturated carbocycles. The highest BCUT2D eigenvalue weighted by Crippen LogP contribution is 2.10. The fraction of sp³-hybridized carbons (Fsp3) is 0.462. The van der Waals surface area contributed by atoms with Gasteiger partial charge in [0, 0.05) is 25.6 Å². The summed E-state index contributed by atoms with van der Waals surface area (Å²) in [5.74, 6) is -0.392. The summed E-state index contributed by atoms with van der Waals surface area (Å²) in [5, 5.41) is 9.09. The predicted molar refractivity (Wildman–Crippen MR) is 63.8 cm³/mol.